The van der Waals surface area contributed by atoms with Gasteiger partial charge in [0.1, 0.15) is 5.60 Å². The molecule has 0 bridgehead atoms. The highest BCUT2D eigenvalue weighted by molar-refractivity contribution is 6.31. The van der Waals surface area contributed by atoms with Crippen molar-refractivity contribution >= 4 is 46.1 Å². The van der Waals surface area contributed by atoms with Gasteiger partial charge >= 0.3 is 6.09 Å². The zero-order chi connectivity index (χ0) is 29.5. The van der Waals surface area contributed by atoms with Crippen LogP contribution in [0.1, 0.15) is 68.1 Å². The highest BCUT2D eigenvalue weighted by Crippen LogP contribution is 2.48. The molecule has 11 heteroatoms. The maximum Gasteiger partial charge on any atom is 0.410 e. The number of fused-ring (bicyclic) bond motifs is 3. The van der Waals surface area contributed by atoms with Crippen molar-refractivity contribution in [1.29, 1.82) is 0 Å². The third kappa shape index (κ3) is 5.25. The molecule has 2 aromatic heterocycles. The number of unbranched alkanes of at least 4 members (excludes halogenated alkanes) is 1. The van der Waals surface area contributed by atoms with Gasteiger partial charge in [0.05, 0.1) is 41.8 Å². The summed E-state index contributed by atoms with van der Waals surface area (Å²) in [4.78, 5) is 47.5. The Hall–Kier alpha value is -3.66. The molecule has 1 fully saturated rings. The summed E-state index contributed by atoms with van der Waals surface area (Å²) >= 11 is 6.29. The van der Waals surface area contributed by atoms with E-state index in [1.807, 2.05) is 37.5 Å². The molecule has 41 heavy (non-hydrogen) atoms. The van der Waals surface area contributed by atoms with Crippen molar-refractivity contribution in [3.8, 4) is 0 Å². The van der Waals surface area contributed by atoms with Crippen LogP contribution in [-0.4, -0.2) is 57.7 Å². The fraction of sp³-hybridized carbons (Fsp3) is 0.467. The molecule has 0 aliphatic carbocycles. The van der Waals surface area contributed by atoms with Crippen molar-refractivity contribution in [3.05, 3.63) is 58.5 Å². The SMILES string of the molecule is CC(C)(C)OC(=O)N1CCC2(CC1)C(=O)N(Cc1c(C(N)=O)c3cc(Cl)ccc3n1CCCCF)c1cnccc12. The van der Waals surface area contributed by atoms with Gasteiger partial charge in [-0.25, -0.2) is 4.79 Å². The van der Waals surface area contributed by atoms with Gasteiger partial charge in [0.2, 0.25) is 5.91 Å². The van der Waals surface area contributed by atoms with E-state index in [4.69, 9.17) is 22.1 Å². The van der Waals surface area contributed by atoms with Crippen molar-refractivity contribution < 1.29 is 23.5 Å². The Morgan fingerprint density at radius 2 is 1.90 bits per heavy atom. The van der Waals surface area contributed by atoms with Crippen molar-refractivity contribution in [1.82, 2.24) is 14.5 Å². The molecule has 3 amide bonds. The maximum absolute atomic E-state index is 14.3. The molecule has 4 heterocycles. The number of likely N-dealkylation sites (tertiary alicyclic amines) is 1. The summed E-state index contributed by atoms with van der Waals surface area (Å²) in [7, 11) is 0. The molecule has 3 aromatic rings. The van der Waals surface area contributed by atoms with E-state index in [1.54, 1.807) is 34.3 Å². The first-order chi connectivity index (χ1) is 19.5. The number of primary amides is 1. The average Bonchev–Trinajstić information content (AvgIpc) is 3.33. The fourth-order valence-electron chi connectivity index (χ4n) is 6.12. The van der Waals surface area contributed by atoms with Gasteiger partial charge in [-0.05, 0) is 76.3 Å². The smallest absolute Gasteiger partial charge is 0.410 e. The molecular weight excluding hydrogens is 549 g/mol. The number of amides is 3. The number of carbonyl (C=O) groups is 3. The molecule has 0 unspecified atom stereocenters. The third-order valence-corrected chi connectivity index (χ3v) is 8.22. The number of anilines is 1. The Balaban J connectivity index is 1.52. The number of rotatable bonds is 7. The van der Waals surface area contributed by atoms with Crippen molar-refractivity contribution in [2.24, 2.45) is 5.73 Å². The number of nitrogens with two attached hydrogens (primary N) is 1. The van der Waals surface area contributed by atoms with Gasteiger partial charge in [0, 0.05) is 41.8 Å². The van der Waals surface area contributed by atoms with Crippen LogP contribution in [0.25, 0.3) is 10.9 Å². The Morgan fingerprint density at radius 1 is 1.17 bits per heavy atom. The van der Waals surface area contributed by atoms with Crippen LogP contribution in [0.5, 0.6) is 0 Å². The van der Waals surface area contributed by atoms with E-state index in [1.165, 1.54) is 0 Å². The Bertz CT molecular complexity index is 1510. The normalized spacial score (nSPS) is 16.5. The van der Waals surface area contributed by atoms with Crippen LogP contribution in [0.4, 0.5) is 14.9 Å². The summed E-state index contributed by atoms with van der Waals surface area (Å²) in [5, 5.41) is 1.05. The number of carbonyl (C=O) groups excluding carboxylic acids is 3. The molecular formula is C30H35ClFN5O4. The largest absolute Gasteiger partial charge is 0.444 e. The van der Waals surface area contributed by atoms with E-state index in [-0.39, 0.29) is 12.5 Å². The van der Waals surface area contributed by atoms with Crippen molar-refractivity contribution in [2.75, 3.05) is 24.7 Å². The molecule has 218 valence electrons. The zero-order valence-electron chi connectivity index (χ0n) is 23.6. The highest BCUT2D eigenvalue weighted by atomic mass is 35.5. The number of piperidine rings is 1. The van der Waals surface area contributed by atoms with Gasteiger partial charge < -0.3 is 24.8 Å². The Labute approximate surface area is 243 Å². The van der Waals surface area contributed by atoms with E-state index in [9.17, 15) is 18.8 Å². The molecule has 2 N–H and O–H groups in total. The number of aromatic nitrogens is 2. The summed E-state index contributed by atoms with van der Waals surface area (Å²) in [6, 6.07) is 7.11. The lowest BCUT2D eigenvalue weighted by atomic mass is 9.74. The molecule has 0 atom stereocenters. The molecule has 1 aromatic carbocycles. The van der Waals surface area contributed by atoms with Gasteiger partial charge in [-0.1, -0.05) is 11.6 Å². The molecule has 2 aliphatic heterocycles. The predicted molar refractivity (Wildman–Crippen MR) is 155 cm³/mol. The Morgan fingerprint density at radius 3 is 2.56 bits per heavy atom. The van der Waals surface area contributed by atoms with E-state index >= 15 is 0 Å². The number of alkyl halides is 1. The van der Waals surface area contributed by atoms with Gasteiger partial charge in [-0.2, -0.15) is 0 Å². The number of aryl methyl sites for hydroxylation is 1. The summed E-state index contributed by atoms with van der Waals surface area (Å²) in [6.45, 7) is 6.28. The van der Waals surface area contributed by atoms with Gasteiger partial charge in [-0.15, -0.1) is 0 Å². The zero-order valence-corrected chi connectivity index (χ0v) is 24.3. The van der Waals surface area contributed by atoms with Crippen molar-refractivity contribution in [3.63, 3.8) is 0 Å². The second kappa shape index (κ2) is 11.0. The molecule has 1 saturated heterocycles. The standard InChI is InChI=1S/C30H35ClFN5O4/c1-29(2,3)41-28(40)35-14-9-30(10-15-35)21-8-12-34-17-23(21)37(27(30)39)18-24-25(26(33)38)20-16-19(31)6-7-22(20)36(24)13-5-4-11-32/h6-8,12,16-17H,4-5,9-11,13-15,18H2,1-3H3,(H2,33,38). The summed E-state index contributed by atoms with van der Waals surface area (Å²) < 4.78 is 20.5. The predicted octanol–water partition coefficient (Wildman–Crippen LogP) is 5.35. The lowest BCUT2D eigenvalue weighted by Gasteiger charge is -2.38. The van der Waals surface area contributed by atoms with E-state index < -0.39 is 29.7 Å². The number of nitrogens with zero attached hydrogens (tertiary/aromatic N) is 4. The van der Waals surface area contributed by atoms with Crippen LogP contribution in [-0.2, 0) is 28.0 Å². The second-order valence-electron chi connectivity index (χ2n) is 11.7. The van der Waals surface area contributed by atoms with Crippen LogP contribution in [0.2, 0.25) is 5.02 Å². The minimum atomic E-state index is -0.835. The topological polar surface area (TPSA) is 111 Å². The minimum absolute atomic E-state index is 0.0786. The number of benzene rings is 1. The number of ether oxygens (including phenoxy) is 1. The third-order valence-electron chi connectivity index (χ3n) is 7.98. The maximum atomic E-state index is 14.3. The van der Waals surface area contributed by atoms with E-state index in [0.717, 1.165) is 11.1 Å². The Kier molecular flexibility index (Phi) is 7.72. The minimum Gasteiger partial charge on any atom is -0.444 e. The number of halogens is 2. The highest BCUT2D eigenvalue weighted by Gasteiger charge is 2.53. The molecule has 0 radical (unpaired) electrons. The molecule has 1 spiro atoms. The van der Waals surface area contributed by atoms with Crippen LogP contribution >= 0.6 is 11.6 Å². The molecule has 9 nitrogen and oxygen atoms in total. The number of pyridine rings is 1. The average molecular weight is 584 g/mol. The van der Waals surface area contributed by atoms with E-state index in [0.29, 0.717) is 72.7 Å². The first-order valence-corrected chi connectivity index (χ1v) is 14.3. The number of hydrogen-bond donors (Lipinski definition) is 1. The lowest BCUT2D eigenvalue weighted by molar-refractivity contribution is -0.125. The van der Waals surface area contributed by atoms with Crippen LogP contribution in [0.3, 0.4) is 0 Å². The first kappa shape index (κ1) is 28.9. The summed E-state index contributed by atoms with van der Waals surface area (Å²) in [6.07, 6.45) is 4.71. The fourth-order valence-corrected chi connectivity index (χ4v) is 6.29. The molecule has 5 rings (SSSR count). The second-order valence-corrected chi connectivity index (χ2v) is 12.2. The molecule has 0 saturated carbocycles. The van der Waals surface area contributed by atoms with Gasteiger partial charge in [0.15, 0.2) is 0 Å². The first-order valence-electron chi connectivity index (χ1n) is 13.9. The number of hydrogen-bond acceptors (Lipinski definition) is 5. The summed E-state index contributed by atoms with van der Waals surface area (Å²) in [5.41, 5.74) is 7.58. The van der Waals surface area contributed by atoms with E-state index in [2.05, 4.69) is 4.98 Å². The monoisotopic (exact) mass is 583 g/mol. The van der Waals surface area contributed by atoms with Crippen molar-refractivity contribution in [2.45, 2.75) is 70.6 Å². The summed E-state index contributed by atoms with van der Waals surface area (Å²) in [5.74, 6) is -0.742. The molecule has 2 aliphatic rings. The van der Waals surface area contributed by atoms with Gasteiger partial charge in [-0.3, -0.25) is 19.0 Å². The van der Waals surface area contributed by atoms with Gasteiger partial charge in [0.25, 0.3) is 5.91 Å². The lowest BCUT2D eigenvalue weighted by Crippen LogP contribution is -2.51. The van der Waals surface area contributed by atoms with Crippen LogP contribution in [0.15, 0.2) is 36.7 Å². The van der Waals surface area contributed by atoms with Crippen LogP contribution in [0, 0.1) is 0 Å². The quantitative estimate of drug-likeness (QED) is 0.377. The van der Waals surface area contributed by atoms with Crippen LogP contribution < -0.4 is 10.6 Å².